The van der Waals surface area contributed by atoms with E-state index < -0.39 is 5.91 Å². The molecule has 0 aliphatic heterocycles. The Balaban J connectivity index is 3.43. The van der Waals surface area contributed by atoms with E-state index in [2.05, 4.69) is 16.6 Å². The van der Waals surface area contributed by atoms with Crippen molar-refractivity contribution >= 4 is 17.6 Å². The maximum absolute atomic E-state index is 11.6. The molecule has 0 radical (unpaired) electrons. The topological polar surface area (TPSA) is 97.6 Å². The van der Waals surface area contributed by atoms with Gasteiger partial charge in [0.15, 0.2) is 0 Å². The van der Waals surface area contributed by atoms with Gasteiger partial charge < -0.3 is 16.4 Å². The van der Waals surface area contributed by atoms with Crippen molar-refractivity contribution in [3.63, 3.8) is 0 Å². The number of allylic oxidation sites excluding steroid dienone is 2. The quantitative estimate of drug-likeness (QED) is 0.473. The standard InChI is InChI=1S/C15H21N5O/c1-5-20(13(9-10(2)3)19-11(4)16)15-12(14(17)21)7-6-8-18-15/h6-9H,2,5H2,1,3-4H3,(H2,16,19)(H2,17,21)/b13-9+. The van der Waals surface area contributed by atoms with Crippen LogP contribution in [0.25, 0.3) is 0 Å². The molecule has 1 heterocycles. The van der Waals surface area contributed by atoms with Gasteiger partial charge in [-0.25, -0.2) is 9.98 Å². The van der Waals surface area contributed by atoms with Crippen LogP contribution >= 0.6 is 0 Å². The molecule has 4 N–H and O–H groups in total. The van der Waals surface area contributed by atoms with E-state index in [9.17, 15) is 4.79 Å². The summed E-state index contributed by atoms with van der Waals surface area (Å²) in [5, 5.41) is 0. The Bertz CT molecular complexity index is 600. The summed E-state index contributed by atoms with van der Waals surface area (Å²) in [4.78, 5) is 21.9. The molecule has 1 rings (SSSR count). The van der Waals surface area contributed by atoms with Gasteiger partial charge in [0.25, 0.3) is 5.91 Å². The van der Waals surface area contributed by atoms with Crippen molar-refractivity contribution in [2.24, 2.45) is 16.5 Å². The third-order valence-corrected chi connectivity index (χ3v) is 2.57. The van der Waals surface area contributed by atoms with E-state index in [1.807, 2.05) is 13.8 Å². The Kier molecular flexibility index (Phi) is 5.66. The molecule has 0 aliphatic carbocycles. The first-order chi connectivity index (χ1) is 9.86. The van der Waals surface area contributed by atoms with Crippen LogP contribution in [-0.4, -0.2) is 23.3 Å². The van der Waals surface area contributed by atoms with Gasteiger partial charge in [-0.2, -0.15) is 0 Å². The van der Waals surface area contributed by atoms with Gasteiger partial charge in [0, 0.05) is 12.7 Å². The number of amides is 1. The summed E-state index contributed by atoms with van der Waals surface area (Å²) < 4.78 is 0. The Morgan fingerprint density at radius 1 is 1.48 bits per heavy atom. The van der Waals surface area contributed by atoms with Crippen LogP contribution in [0.5, 0.6) is 0 Å². The summed E-state index contributed by atoms with van der Waals surface area (Å²) in [6, 6.07) is 3.29. The fraction of sp³-hybridized carbons (Fsp3) is 0.267. The molecule has 0 fully saturated rings. The average molecular weight is 287 g/mol. The number of carbonyl (C=O) groups is 1. The lowest BCUT2D eigenvalue weighted by Gasteiger charge is -2.24. The Hall–Kier alpha value is -2.63. The van der Waals surface area contributed by atoms with Crippen molar-refractivity contribution in [1.29, 1.82) is 0 Å². The van der Waals surface area contributed by atoms with Crippen LogP contribution < -0.4 is 16.4 Å². The predicted octanol–water partition coefficient (Wildman–Crippen LogP) is 1.80. The maximum atomic E-state index is 11.6. The average Bonchev–Trinajstić information content (AvgIpc) is 2.38. The third-order valence-electron chi connectivity index (χ3n) is 2.57. The number of nitrogens with two attached hydrogens (primary N) is 2. The molecule has 0 atom stereocenters. The molecule has 21 heavy (non-hydrogen) atoms. The predicted molar refractivity (Wildman–Crippen MR) is 86.0 cm³/mol. The van der Waals surface area contributed by atoms with Crippen molar-refractivity contribution in [3.05, 3.63) is 47.9 Å². The van der Waals surface area contributed by atoms with Gasteiger partial charge in [-0.3, -0.25) is 4.79 Å². The van der Waals surface area contributed by atoms with Crippen LogP contribution in [-0.2, 0) is 0 Å². The first-order valence-electron chi connectivity index (χ1n) is 6.57. The highest BCUT2D eigenvalue weighted by Crippen LogP contribution is 2.22. The van der Waals surface area contributed by atoms with E-state index >= 15 is 0 Å². The van der Waals surface area contributed by atoms with Crippen molar-refractivity contribution in [3.8, 4) is 0 Å². The summed E-state index contributed by atoms with van der Waals surface area (Å²) in [6.07, 6.45) is 3.38. The zero-order chi connectivity index (χ0) is 16.0. The fourth-order valence-corrected chi connectivity index (χ4v) is 1.80. The molecular weight excluding hydrogens is 266 g/mol. The monoisotopic (exact) mass is 287 g/mol. The summed E-state index contributed by atoms with van der Waals surface area (Å²) in [6.45, 7) is 9.86. The molecule has 0 bridgehead atoms. The van der Waals surface area contributed by atoms with Gasteiger partial charge in [-0.1, -0.05) is 12.2 Å². The number of aliphatic imine (C=N–C) groups is 1. The van der Waals surface area contributed by atoms with Crippen LogP contribution in [0, 0.1) is 0 Å². The van der Waals surface area contributed by atoms with Crippen molar-refractivity contribution in [2.45, 2.75) is 20.8 Å². The number of aromatic nitrogens is 1. The summed E-state index contributed by atoms with van der Waals surface area (Å²) in [5.74, 6) is 0.869. The second kappa shape index (κ2) is 7.23. The molecule has 1 amide bonds. The third kappa shape index (κ3) is 4.45. The molecule has 0 saturated carbocycles. The highest BCUT2D eigenvalue weighted by atomic mass is 16.1. The molecular formula is C15H21N5O. The van der Waals surface area contributed by atoms with E-state index in [0.717, 1.165) is 5.57 Å². The number of primary amides is 1. The minimum absolute atomic E-state index is 0.330. The largest absolute Gasteiger partial charge is 0.387 e. The number of nitrogens with zero attached hydrogens (tertiary/aromatic N) is 3. The van der Waals surface area contributed by atoms with Crippen molar-refractivity contribution in [1.82, 2.24) is 4.98 Å². The first kappa shape index (κ1) is 16.4. The van der Waals surface area contributed by atoms with Gasteiger partial charge >= 0.3 is 0 Å². The SMILES string of the molecule is C=C(C)/C=C(\N=C(/C)N)N(CC)c1ncccc1C(N)=O. The second-order valence-electron chi connectivity index (χ2n) is 4.59. The lowest BCUT2D eigenvalue weighted by Crippen LogP contribution is -2.27. The van der Waals surface area contributed by atoms with Gasteiger partial charge in [0.1, 0.15) is 11.6 Å². The summed E-state index contributed by atoms with van der Waals surface area (Å²) in [5.41, 5.74) is 12.2. The van der Waals surface area contributed by atoms with Crippen molar-refractivity contribution < 1.29 is 4.79 Å². The Morgan fingerprint density at radius 3 is 2.62 bits per heavy atom. The molecule has 0 aromatic carbocycles. The highest BCUT2D eigenvalue weighted by Gasteiger charge is 2.18. The molecule has 6 heteroatoms. The molecule has 0 aliphatic rings. The van der Waals surface area contributed by atoms with Crippen LogP contribution in [0.2, 0.25) is 0 Å². The lowest BCUT2D eigenvalue weighted by atomic mass is 10.2. The Labute approximate surface area is 124 Å². The fourth-order valence-electron chi connectivity index (χ4n) is 1.80. The number of hydrogen-bond acceptors (Lipinski definition) is 4. The maximum Gasteiger partial charge on any atom is 0.252 e. The normalized spacial score (nSPS) is 12.1. The van der Waals surface area contributed by atoms with Gasteiger partial charge in [-0.15, -0.1) is 0 Å². The van der Waals surface area contributed by atoms with Gasteiger partial charge in [0.05, 0.1) is 11.4 Å². The number of rotatable bonds is 6. The molecule has 0 spiro atoms. The number of carbonyl (C=O) groups excluding carboxylic acids is 1. The number of pyridine rings is 1. The Morgan fingerprint density at radius 2 is 2.14 bits per heavy atom. The smallest absolute Gasteiger partial charge is 0.252 e. The molecule has 6 nitrogen and oxygen atoms in total. The molecule has 1 aromatic heterocycles. The van der Waals surface area contributed by atoms with Crippen molar-refractivity contribution in [2.75, 3.05) is 11.4 Å². The van der Waals surface area contributed by atoms with E-state index in [4.69, 9.17) is 11.5 Å². The minimum atomic E-state index is -0.542. The van der Waals surface area contributed by atoms with E-state index in [0.29, 0.717) is 29.6 Å². The summed E-state index contributed by atoms with van der Waals surface area (Å²) in [7, 11) is 0. The second-order valence-corrected chi connectivity index (χ2v) is 4.59. The van der Waals surface area contributed by atoms with Crippen LogP contribution in [0.4, 0.5) is 5.82 Å². The number of hydrogen-bond donors (Lipinski definition) is 2. The first-order valence-corrected chi connectivity index (χ1v) is 6.57. The van der Waals surface area contributed by atoms with Gasteiger partial charge in [0.2, 0.25) is 0 Å². The minimum Gasteiger partial charge on any atom is -0.387 e. The summed E-state index contributed by atoms with van der Waals surface area (Å²) >= 11 is 0. The van der Waals surface area contributed by atoms with E-state index in [1.165, 1.54) is 0 Å². The van der Waals surface area contributed by atoms with E-state index in [1.54, 1.807) is 36.2 Å². The zero-order valence-corrected chi connectivity index (χ0v) is 12.6. The molecule has 0 saturated heterocycles. The van der Waals surface area contributed by atoms with Crippen LogP contribution in [0.3, 0.4) is 0 Å². The zero-order valence-electron chi connectivity index (χ0n) is 12.6. The van der Waals surface area contributed by atoms with Crippen LogP contribution in [0.15, 0.2) is 47.4 Å². The van der Waals surface area contributed by atoms with Gasteiger partial charge in [-0.05, 0) is 39.0 Å². The number of anilines is 1. The molecule has 112 valence electrons. The van der Waals surface area contributed by atoms with Crippen LogP contribution in [0.1, 0.15) is 31.1 Å². The molecule has 1 aromatic rings. The molecule has 0 unspecified atom stereocenters. The number of amidine groups is 1. The van der Waals surface area contributed by atoms with E-state index in [-0.39, 0.29) is 0 Å². The highest BCUT2D eigenvalue weighted by molar-refractivity contribution is 5.98. The lowest BCUT2D eigenvalue weighted by molar-refractivity contribution is 0.100.